The Labute approximate surface area is 155 Å². The predicted molar refractivity (Wildman–Crippen MR) is 108 cm³/mol. The lowest BCUT2D eigenvalue weighted by Gasteiger charge is -2.23. The highest BCUT2D eigenvalue weighted by molar-refractivity contribution is 5.85. The number of benzene rings is 1. The van der Waals surface area contributed by atoms with Crippen molar-refractivity contribution < 1.29 is 9.18 Å². The molecule has 0 spiro atoms. The summed E-state index contributed by atoms with van der Waals surface area (Å²) >= 11 is 0. The number of unbranched alkanes of at least 4 members (excludes halogenated alkanes) is 2. The fraction of sp³-hybridized carbons (Fsp3) is 0.696. The zero-order valence-electron chi connectivity index (χ0n) is 17.3. The number of Topliss-reactive ketones (excluding diaryl/α,β-unsaturated/α-hetero) is 1. The van der Waals surface area contributed by atoms with Gasteiger partial charge in [0.25, 0.3) is 0 Å². The average Bonchev–Trinajstić information content (AvgIpc) is 2.64. The van der Waals surface area contributed by atoms with Gasteiger partial charge in [-0.25, -0.2) is 4.39 Å². The van der Waals surface area contributed by atoms with Gasteiger partial charge in [-0.2, -0.15) is 0 Å². The Morgan fingerprint density at radius 3 is 2.04 bits per heavy atom. The fourth-order valence-electron chi connectivity index (χ4n) is 3.28. The van der Waals surface area contributed by atoms with Gasteiger partial charge in [0.05, 0.1) is 0 Å². The molecule has 0 fully saturated rings. The summed E-state index contributed by atoms with van der Waals surface area (Å²) < 4.78 is 13.6. The molecule has 0 aliphatic carbocycles. The predicted octanol–water partition coefficient (Wildman–Crippen LogP) is 7.61. The van der Waals surface area contributed by atoms with Gasteiger partial charge in [-0.05, 0) is 36.5 Å². The molecule has 0 aromatic heterocycles. The maximum atomic E-state index is 13.6. The van der Waals surface area contributed by atoms with E-state index in [1.54, 1.807) is 13.0 Å². The van der Waals surface area contributed by atoms with Gasteiger partial charge in [-0.15, -0.1) is 0 Å². The molecule has 0 aliphatic heterocycles. The molecule has 0 aliphatic rings. The first kappa shape index (κ1) is 23.8. The number of halogens is 1. The summed E-state index contributed by atoms with van der Waals surface area (Å²) in [4.78, 5) is 12.5. The van der Waals surface area contributed by atoms with Gasteiger partial charge in [0.2, 0.25) is 0 Å². The lowest BCUT2D eigenvalue weighted by atomic mass is 9.80. The number of carbonyl (C=O) groups is 1. The van der Waals surface area contributed by atoms with Crippen molar-refractivity contribution in [1.29, 1.82) is 0 Å². The monoisotopic (exact) mass is 350 g/mol. The van der Waals surface area contributed by atoms with Crippen LogP contribution in [-0.2, 0) is 4.79 Å². The molecule has 0 N–H and O–H groups in total. The maximum Gasteiger partial charge on any atom is 0.140 e. The van der Waals surface area contributed by atoms with Gasteiger partial charge in [-0.3, -0.25) is 4.79 Å². The third-order valence-corrected chi connectivity index (χ3v) is 4.82. The van der Waals surface area contributed by atoms with Crippen LogP contribution in [0.15, 0.2) is 18.2 Å². The van der Waals surface area contributed by atoms with E-state index in [9.17, 15) is 9.18 Å². The van der Waals surface area contributed by atoms with Crippen LogP contribution < -0.4 is 0 Å². The van der Waals surface area contributed by atoms with Crippen molar-refractivity contribution in [3.05, 3.63) is 35.1 Å². The smallest absolute Gasteiger partial charge is 0.140 e. The Kier molecular flexibility index (Phi) is 13.4. The first-order valence-corrected chi connectivity index (χ1v) is 10.3. The van der Waals surface area contributed by atoms with Crippen LogP contribution in [0.4, 0.5) is 4.39 Å². The SMILES string of the molecule is CC.CCCCC(CCCC)CC(C(=O)CC)c1ccc(F)c(C)c1. The minimum atomic E-state index is -0.190. The van der Waals surface area contributed by atoms with E-state index in [-0.39, 0.29) is 17.5 Å². The Morgan fingerprint density at radius 1 is 1.04 bits per heavy atom. The molecule has 0 saturated carbocycles. The summed E-state index contributed by atoms with van der Waals surface area (Å²) in [6.45, 7) is 12.1. The Hall–Kier alpha value is -1.18. The van der Waals surface area contributed by atoms with Crippen molar-refractivity contribution in [1.82, 2.24) is 0 Å². The Morgan fingerprint density at radius 2 is 1.60 bits per heavy atom. The molecule has 1 atom stereocenters. The number of hydrogen-bond donors (Lipinski definition) is 0. The van der Waals surface area contributed by atoms with Gasteiger partial charge in [0.15, 0.2) is 0 Å². The average molecular weight is 351 g/mol. The molecule has 1 rings (SSSR count). The summed E-state index contributed by atoms with van der Waals surface area (Å²) in [6, 6.07) is 5.18. The number of aryl methyl sites for hydroxylation is 1. The van der Waals surface area contributed by atoms with E-state index in [0.29, 0.717) is 17.9 Å². The highest BCUT2D eigenvalue weighted by Gasteiger charge is 2.23. The van der Waals surface area contributed by atoms with E-state index in [2.05, 4.69) is 13.8 Å². The summed E-state index contributed by atoms with van der Waals surface area (Å²) in [6.07, 6.45) is 8.71. The minimum Gasteiger partial charge on any atom is -0.299 e. The van der Waals surface area contributed by atoms with E-state index in [1.807, 2.05) is 26.8 Å². The zero-order chi connectivity index (χ0) is 19.2. The van der Waals surface area contributed by atoms with Crippen molar-refractivity contribution in [2.75, 3.05) is 0 Å². The van der Waals surface area contributed by atoms with E-state index < -0.39 is 0 Å². The summed E-state index contributed by atoms with van der Waals surface area (Å²) in [7, 11) is 0. The van der Waals surface area contributed by atoms with Crippen molar-refractivity contribution in [3.8, 4) is 0 Å². The third-order valence-electron chi connectivity index (χ3n) is 4.82. The van der Waals surface area contributed by atoms with Gasteiger partial charge in [0.1, 0.15) is 11.6 Å². The van der Waals surface area contributed by atoms with Gasteiger partial charge < -0.3 is 0 Å². The zero-order valence-corrected chi connectivity index (χ0v) is 17.3. The van der Waals surface area contributed by atoms with Crippen molar-refractivity contribution in [3.63, 3.8) is 0 Å². The molecule has 0 amide bonds. The molecule has 0 saturated heterocycles. The largest absolute Gasteiger partial charge is 0.299 e. The van der Waals surface area contributed by atoms with Crippen LogP contribution in [0.5, 0.6) is 0 Å². The molecule has 1 aromatic rings. The normalized spacial score (nSPS) is 11.8. The lowest BCUT2D eigenvalue weighted by Crippen LogP contribution is -2.17. The van der Waals surface area contributed by atoms with Crippen LogP contribution in [-0.4, -0.2) is 5.78 Å². The second-order valence-electron chi connectivity index (χ2n) is 6.77. The molecule has 0 bridgehead atoms. The van der Waals surface area contributed by atoms with Crippen LogP contribution >= 0.6 is 0 Å². The van der Waals surface area contributed by atoms with E-state index in [0.717, 1.165) is 12.0 Å². The van der Waals surface area contributed by atoms with Crippen LogP contribution in [0, 0.1) is 18.7 Å². The van der Waals surface area contributed by atoms with Crippen LogP contribution in [0.2, 0.25) is 0 Å². The Bertz CT molecular complexity index is 473. The maximum absolute atomic E-state index is 13.6. The van der Waals surface area contributed by atoms with Gasteiger partial charge in [0, 0.05) is 12.3 Å². The molecule has 1 unspecified atom stereocenters. The van der Waals surface area contributed by atoms with Crippen molar-refractivity contribution in [2.24, 2.45) is 5.92 Å². The van der Waals surface area contributed by atoms with Crippen molar-refractivity contribution in [2.45, 2.75) is 98.8 Å². The summed E-state index contributed by atoms with van der Waals surface area (Å²) in [5.41, 5.74) is 1.63. The first-order valence-electron chi connectivity index (χ1n) is 10.3. The van der Waals surface area contributed by atoms with E-state index in [1.165, 1.54) is 44.6 Å². The minimum absolute atomic E-state index is 0.0713. The van der Waals surface area contributed by atoms with Crippen LogP contribution in [0.1, 0.15) is 103 Å². The molecule has 25 heavy (non-hydrogen) atoms. The molecular formula is C23H39FO. The van der Waals surface area contributed by atoms with Gasteiger partial charge >= 0.3 is 0 Å². The topological polar surface area (TPSA) is 17.1 Å². The number of ketones is 1. The number of carbonyl (C=O) groups excluding carboxylic acids is 1. The summed E-state index contributed by atoms with van der Waals surface area (Å²) in [5, 5.41) is 0. The molecule has 1 nitrogen and oxygen atoms in total. The molecule has 0 radical (unpaired) electrons. The van der Waals surface area contributed by atoms with E-state index >= 15 is 0 Å². The molecule has 0 heterocycles. The Balaban J connectivity index is 0.00000277. The third kappa shape index (κ3) is 8.65. The molecule has 144 valence electrons. The fourth-order valence-corrected chi connectivity index (χ4v) is 3.28. The van der Waals surface area contributed by atoms with Crippen LogP contribution in [0.25, 0.3) is 0 Å². The first-order chi connectivity index (χ1) is 12.0. The van der Waals surface area contributed by atoms with Crippen LogP contribution in [0.3, 0.4) is 0 Å². The van der Waals surface area contributed by atoms with E-state index in [4.69, 9.17) is 0 Å². The lowest BCUT2D eigenvalue weighted by molar-refractivity contribution is -0.120. The standard InChI is InChI=1S/C21H33FO.C2H6/c1-5-8-10-17(11-9-6-2)15-19(21(23)7-3)18-12-13-20(22)16(4)14-18;1-2/h12-14,17,19H,5-11,15H2,1-4H3;1-2H3. The quantitative estimate of drug-likeness (QED) is 0.401. The highest BCUT2D eigenvalue weighted by Crippen LogP contribution is 2.32. The molecule has 2 heteroatoms. The molecule has 1 aromatic carbocycles. The second-order valence-corrected chi connectivity index (χ2v) is 6.77. The molecular weight excluding hydrogens is 311 g/mol. The van der Waals surface area contributed by atoms with Crippen molar-refractivity contribution >= 4 is 5.78 Å². The number of rotatable bonds is 11. The summed E-state index contributed by atoms with van der Waals surface area (Å²) in [5.74, 6) is 0.623. The number of hydrogen-bond acceptors (Lipinski definition) is 1. The second kappa shape index (κ2) is 14.0. The highest BCUT2D eigenvalue weighted by atomic mass is 19.1. The van der Waals surface area contributed by atoms with Gasteiger partial charge in [-0.1, -0.05) is 85.3 Å².